The highest BCUT2D eigenvalue weighted by atomic mass is 79.9. The lowest BCUT2D eigenvalue weighted by atomic mass is 10.2. The van der Waals surface area contributed by atoms with Crippen LogP contribution in [0.15, 0.2) is 62.5 Å². The Kier molecular flexibility index (Phi) is 6.37. The van der Waals surface area contributed by atoms with Gasteiger partial charge in [-0.05, 0) is 65.3 Å². The second-order valence-corrected chi connectivity index (χ2v) is 8.67. The minimum atomic E-state index is -4.02. The van der Waals surface area contributed by atoms with Crippen LogP contribution in [0, 0.1) is 6.92 Å². The number of rotatable bonds is 7. The maximum Gasteiger partial charge on any atom is 0.265 e. The predicted octanol–water partition coefficient (Wildman–Crippen LogP) is 4.42. The molecule has 2 N–H and O–H groups in total. The first kappa shape index (κ1) is 21.7. The first-order valence-corrected chi connectivity index (χ1v) is 10.9. The number of amides is 1. The number of hydrogen-bond donors (Lipinski definition) is 2. The number of carbonyl (C=O) groups excluding carboxylic acids is 1. The zero-order valence-corrected chi connectivity index (χ0v) is 18.8. The minimum absolute atomic E-state index is 0.126. The molecule has 0 aliphatic rings. The van der Waals surface area contributed by atoms with E-state index < -0.39 is 15.9 Å². The summed E-state index contributed by atoms with van der Waals surface area (Å²) in [4.78, 5) is 12.3. The number of anilines is 2. The molecule has 1 amide bonds. The highest BCUT2D eigenvalue weighted by Crippen LogP contribution is 2.32. The molecule has 3 aromatic rings. The van der Waals surface area contributed by atoms with Crippen LogP contribution in [0.25, 0.3) is 0 Å². The monoisotopic (exact) mass is 494 g/mol. The fourth-order valence-corrected chi connectivity index (χ4v) is 4.51. The third kappa shape index (κ3) is 4.60. The number of sulfonamides is 1. The van der Waals surface area contributed by atoms with Crippen LogP contribution < -0.4 is 19.5 Å². The number of carbonyl (C=O) groups is 1. The second-order valence-electron chi connectivity index (χ2n) is 6.17. The molecule has 3 rings (SSSR count). The van der Waals surface area contributed by atoms with Crippen LogP contribution in [0.2, 0.25) is 0 Å². The molecule has 0 atom stereocenters. The number of halogens is 1. The standard InChI is InChI=1S/C20H19BrN2O6S/c1-12-15(8-9-29-12)20(24)22-13-4-7-18(28-3)19(11-13)30(25,26)23-14-5-6-17(27-2)16(21)10-14/h4-11,23H,1-3H3,(H,22,24). The van der Waals surface area contributed by atoms with Gasteiger partial charge in [-0.1, -0.05) is 0 Å². The maximum atomic E-state index is 13.0. The summed E-state index contributed by atoms with van der Waals surface area (Å²) in [5, 5.41) is 2.67. The van der Waals surface area contributed by atoms with E-state index in [-0.39, 0.29) is 16.3 Å². The maximum absolute atomic E-state index is 13.0. The molecule has 1 heterocycles. The van der Waals surface area contributed by atoms with Gasteiger partial charge in [0.2, 0.25) is 0 Å². The van der Waals surface area contributed by atoms with Crippen molar-refractivity contribution in [1.29, 1.82) is 0 Å². The Hall–Kier alpha value is -2.98. The Morgan fingerprint density at radius 3 is 2.27 bits per heavy atom. The third-order valence-corrected chi connectivity index (χ3v) is 6.24. The molecule has 2 aromatic carbocycles. The second kappa shape index (κ2) is 8.80. The Labute approximate surface area is 182 Å². The van der Waals surface area contributed by atoms with Gasteiger partial charge in [-0.25, -0.2) is 8.42 Å². The SMILES string of the molecule is COc1ccc(NS(=O)(=O)c2cc(NC(=O)c3ccoc3C)ccc2OC)cc1Br. The van der Waals surface area contributed by atoms with E-state index in [1.165, 1.54) is 38.7 Å². The van der Waals surface area contributed by atoms with E-state index >= 15 is 0 Å². The fraction of sp³-hybridized carbons (Fsp3) is 0.150. The first-order valence-electron chi connectivity index (χ1n) is 8.65. The van der Waals surface area contributed by atoms with E-state index in [1.54, 1.807) is 31.2 Å². The minimum Gasteiger partial charge on any atom is -0.496 e. The zero-order chi connectivity index (χ0) is 21.9. The van der Waals surface area contributed by atoms with E-state index in [0.29, 0.717) is 27.2 Å². The predicted molar refractivity (Wildman–Crippen MR) is 116 cm³/mol. The molecule has 0 unspecified atom stereocenters. The summed E-state index contributed by atoms with van der Waals surface area (Å²) >= 11 is 3.32. The number of benzene rings is 2. The summed E-state index contributed by atoms with van der Waals surface area (Å²) in [7, 11) is -1.14. The van der Waals surface area contributed by atoms with Crippen molar-refractivity contribution < 1.29 is 27.1 Å². The third-order valence-electron chi connectivity index (χ3n) is 4.22. The van der Waals surface area contributed by atoms with Gasteiger partial charge in [0.15, 0.2) is 0 Å². The van der Waals surface area contributed by atoms with E-state index in [9.17, 15) is 13.2 Å². The van der Waals surface area contributed by atoms with Gasteiger partial charge in [-0.2, -0.15) is 0 Å². The molecular weight excluding hydrogens is 476 g/mol. The van der Waals surface area contributed by atoms with Crippen molar-refractivity contribution >= 4 is 43.2 Å². The average Bonchev–Trinajstić information content (AvgIpc) is 3.14. The lowest BCUT2D eigenvalue weighted by Gasteiger charge is -2.14. The van der Waals surface area contributed by atoms with Gasteiger partial charge in [-0.3, -0.25) is 9.52 Å². The summed E-state index contributed by atoms with van der Waals surface area (Å²) in [6.07, 6.45) is 1.41. The van der Waals surface area contributed by atoms with Crippen molar-refractivity contribution in [2.24, 2.45) is 0 Å². The molecule has 0 spiro atoms. The number of hydrogen-bond acceptors (Lipinski definition) is 6. The Bertz CT molecular complexity index is 1190. The number of furan rings is 1. The number of aryl methyl sites for hydroxylation is 1. The Morgan fingerprint density at radius 2 is 1.67 bits per heavy atom. The quantitative estimate of drug-likeness (QED) is 0.503. The largest absolute Gasteiger partial charge is 0.496 e. The van der Waals surface area contributed by atoms with Crippen molar-refractivity contribution in [3.8, 4) is 11.5 Å². The molecule has 0 aliphatic heterocycles. The molecule has 8 nitrogen and oxygen atoms in total. The number of ether oxygens (including phenoxy) is 2. The normalized spacial score (nSPS) is 11.1. The van der Waals surface area contributed by atoms with E-state index in [4.69, 9.17) is 13.9 Å². The summed E-state index contributed by atoms with van der Waals surface area (Å²) < 4.78 is 44.6. The van der Waals surface area contributed by atoms with Crippen LogP contribution in [-0.2, 0) is 10.0 Å². The molecule has 158 valence electrons. The van der Waals surface area contributed by atoms with Crippen molar-refractivity contribution in [1.82, 2.24) is 0 Å². The number of methoxy groups -OCH3 is 2. The van der Waals surface area contributed by atoms with Gasteiger partial charge in [0.05, 0.1) is 36.2 Å². The van der Waals surface area contributed by atoms with Crippen LogP contribution in [0.4, 0.5) is 11.4 Å². The molecule has 0 saturated carbocycles. The molecule has 1 aromatic heterocycles. The van der Waals surface area contributed by atoms with Gasteiger partial charge >= 0.3 is 0 Å². The van der Waals surface area contributed by atoms with Crippen molar-refractivity contribution in [3.05, 3.63) is 64.5 Å². The van der Waals surface area contributed by atoms with Crippen LogP contribution in [0.5, 0.6) is 11.5 Å². The van der Waals surface area contributed by atoms with Gasteiger partial charge in [0.25, 0.3) is 15.9 Å². The van der Waals surface area contributed by atoms with E-state index in [0.717, 1.165) is 0 Å². The molecule has 0 saturated heterocycles. The molecule has 0 aliphatic carbocycles. The van der Waals surface area contributed by atoms with Crippen LogP contribution in [-0.4, -0.2) is 28.5 Å². The summed E-state index contributed by atoms with van der Waals surface area (Å²) in [5.41, 5.74) is 0.974. The Balaban J connectivity index is 1.91. The Morgan fingerprint density at radius 1 is 1.00 bits per heavy atom. The molecule has 10 heteroatoms. The average molecular weight is 495 g/mol. The molecule has 0 fully saturated rings. The lowest BCUT2D eigenvalue weighted by Crippen LogP contribution is -2.16. The fourth-order valence-electron chi connectivity index (χ4n) is 2.72. The topological polar surface area (TPSA) is 107 Å². The van der Waals surface area contributed by atoms with Gasteiger partial charge in [0, 0.05) is 5.69 Å². The first-order chi connectivity index (χ1) is 14.2. The molecular formula is C20H19BrN2O6S. The number of nitrogens with one attached hydrogen (secondary N) is 2. The lowest BCUT2D eigenvalue weighted by molar-refractivity contribution is 0.102. The zero-order valence-electron chi connectivity index (χ0n) is 16.4. The van der Waals surface area contributed by atoms with Crippen molar-refractivity contribution in [2.45, 2.75) is 11.8 Å². The van der Waals surface area contributed by atoms with Crippen molar-refractivity contribution in [3.63, 3.8) is 0 Å². The smallest absolute Gasteiger partial charge is 0.265 e. The van der Waals surface area contributed by atoms with E-state index in [2.05, 4.69) is 26.0 Å². The van der Waals surface area contributed by atoms with Gasteiger partial charge < -0.3 is 19.2 Å². The van der Waals surface area contributed by atoms with Crippen LogP contribution in [0.1, 0.15) is 16.1 Å². The highest BCUT2D eigenvalue weighted by Gasteiger charge is 2.22. The van der Waals surface area contributed by atoms with Crippen molar-refractivity contribution in [2.75, 3.05) is 24.3 Å². The summed E-state index contributed by atoms with van der Waals surface area (Å²) in [5.74, 6) is 0.741. The van der Waals surface area contributed by atoms with E-state index in [1.807, 2.05) is 0 Å². The van der Waals surface area contributed by atoms with Crippen LogP contribution >= 0.6 is 15.9 Å². The molecule has 0 radical (unpaired) electrons. The molecule has 0 bridgehead atoms. The van der Waals surface area contributed by atoms with Gasteiger partial charge in [-0.15, -0.1) is 0 Å². The summed E-state index contributed by atoms with van der Waals surface area (Å²) in [6.45, 7) is 1.66. The highest BCUT2D eigenvalue weighted by molar-refractivity contribution is 9.10. The summed E-state index contributed by atoms with van der Waals surface area (Å²) in [6, 6.07) is 10.7. The molecule has 30 heavy (non-hydrogen) atoms. The van der Waals surface area contributed by atoms with Crippen LogP contribution in [0.3, 0.4) is 0 Å². The van der Waals surface area contributed by atoms with Gasteiger partial charge in [0.1, 0.15) is 22.2 Å².